The van der Waals surface area contributed by atoms with Crippen LogP contribution in [0.15, 0.2) is 0 Å². The molecule has 9 heteroatoms. The van der Waals surface area contributed by atoms with Crippen LogP contribution in [0.2, 0.25) is 0 Å². The molecule has 0 aromatic heterocycles. The molecule has 0 amide bonds. The average molecular weight is 762 g/mol. The van der Waals surface area contributed by atoms with Gasteiger partial charge in [-0.05, 0) is 71.4 Å². The van der Waals surface area contributed by atoms with E-state index in [2.05, 4.69) is 25.7 Å². The predicted octanol–water partition coefficient (Wildman–Crippen LogP) is 13.1. The third-order valence-corrected chi connectivity index (χ3v) is 11.4. The first-order valence-electron chi connectivity index (χ1n) is 22.5. The van der Waals surface area contributed by atoms with Gasteiger partial charge in [0.25, 0.3) is 0 Å². The summed E-state index contributed by atoms with van der Waals surface area (Å²) >= 11 is 0. The van der Waals surface area contributed by atoms with Crippen molar-refractivity contribution in [3.63, 3.8) is 0 Å². The van der Waals surface area contributed by atoms with Gasteiger partial charge in [-0.1, -0.05) is 156 Å². The summed E-state index contributed by atoms with van der Waals surface area (Å²) in [5.74, 6) is -0.0410. The minimum atomic E-state index is -3.51. The summed E-state index contributed by atoms with van der Waals surface area (Å²) in [7, 11) is -3.51. The summed E-state index contributed by atoms with van der Waals surface area (Å²) in [6.07, 6.45) is 33.6. The van der Waals surface area contributed by atoms with Crippen molar-refractivity contribution in [1.82, 2.24) is 4.90 Å². The minimum absolute atomic E-state index is 0.0365. The van der Waals surface area contributed by atoms with E-state index >= 15 is 0 Å². The molecule has 0 aliphatic heterocycles. The summed E-state index contributed by atoms with van der Waals surface area (Å²) in [5, 5.41) is 9.56. The van der Waals surface area contributed by atoms with Crippen molar-refractivity contribution < 1.29 is 32.8 Å². The molecule has 0 aromatic carbocycles. The smallest absolute Gasteiger partial charge is 0.463 e. The Balaban J connectivity index is 4.07. The number of esters is 1. The second-order valence-corrected chi connectivity index (χ2v) is 16.9. The van der Waals surface area contributed by atoms with Crippen LogP contribution in [0.3, 0.4) is 0 Å². The zero-order chi connectivity index (χ0) is 38.2. The van der Waals surface area contributed by atoms with Gasteiger partial charge in [-0.3, -0.25) is 18.4 Å². The second-order valence-electron chi connectivity index (χ2n) is 15.2. The lowest BCUT2D eigenvalue weighted by Crippen LogP contribution is -2.29. The van der Waals surface area contributed by atoms with Gasteiger partial charge in [0.2, 0.25) is 0 Å². The lowest BCUT2D eigenvalue weighted by atomic mass is 10.1. The standard InChI is InChI=1S/C43H88NO7P/c1-5-8-11-14-19-26-33-42(4)51-43(46)34-27-20-17-21-28-35-44(37-38-45)36-29-22-18-25-32-41-50-52(47,48-39-30-23-15-12-9-6-2)49-40-31-24-16-13-10-7-3/h42,45H,5-41H2,1-4H3. The van der Waals surface area contributed by atoms with Crippen LogP contribution in [-0.4, -0.2) is 68.1 Å². The number of hydrogen-bond acceptors (Lipinski definition) is 8. The third-order valence-electron chi connectivity index (χ3n) is 9.93. The zero-order valence-corrected chi connectivity index (χ0v) is 35.9. The molecule has 0 fully saturated rings. The van der Waals surface area contributed by atoms with Crippen molar-refractivity contribution in [2.24, 2.45) is 0 Å². The number of phosphoric acid groups is 1. The van der Waals surface area contributed by atoms with Crippen molar-refractivity contribution >= 4 is 13.8 Å². The fourth-order valence-corrected chi connectivity index (χ4v) is 7.82. The van der Waals surface area contributed by atoms with Crippen LogP contribution >= 0.6 is 7.82 Å². The lowest BCUT2D eigenvalue weighted by molar-refractivity contribution is -0.148. The lowest BCUT2D eigenvalue weighted by Gasteiger charge is -2.21. The summed E-state index contributed by atoms with van der Waals surface area (Å²) in [6, 6.07) is 0. The fraction of sp³-hybridized carbons (Fsp3) is 0.977. The van der Waals surface area contributed by atoms with E-state index in [1.807, 2.05) is 6.92 Å². The van der Waals surface area contributed by atoms with E-state index in [9.17, 15) is 14.5 Å². The Hall–Kier alpha value is -0.500. The maximum Gasteiger partial charge on any atom is 0.474 e. The molecule has 0 spiro atoms. The quantitative estimate of drug-likeness (QED) is 0.0373. The molecule has 1 unspecified atom stereocenters. The number of aliphatic hydroxyl groups excluding tert-OH is 1. The molecule has 312 valence electrons. The highest BCUT2D eigenvalue weighted by Gasteiger charge is 2.26. The van der Waals surface area contributed by atoms with Crippen LogP contribution in [0.1, 0.15) is 220 Å². The second kappa shape index (κ2) is 40.2. The number of nitrogens with zero attached hydrogens (tertiary/aromatic N) is 1. The first-order chi connectivity index (χ1) is 25.4. The predicted molar refractivity (Wildman–Crippen MR) is 220 cm³/mol. The van der Waals surface area contributed by atoms with Gasteiger partial charge in [0, 0.05) is 13.0 Å². The Morgan fingerprint density at radius 3 is 1.31 bits per heavy atom. The molecule has 1 atom stereocenters. The molecule has 0 aliphatic rings. The van der Waals surface area contributed by atoms with E-state index in [-0.39, 0.29) is 18.7 Å². The summed E-state index contributed by atoms with van der Waals surface area (Å²) in [4.78, 5) is 14.6. The van der Waals surface area contributed by atoms with Gasteiger partial charge in [-0.2, -0.15) is 0 Å². The van der Waals surface area contributed by atoms with Crippen LogP contribution in [0.5, 0.6) is 0 Å². The number of carbonyl (C=O) groups excluding carboxylic acids is 1. The van der Waals surface area contributed by atoms with E-state index in [4.69, 9.17) is 18.3 Å². The molecule has 0 saturated heterocycles. The van der Waals surface area contributed by atoms with Crippen molar-refractivity contribution in [2.75, 3.05) is 46.1 Å². The van der Waals surface area contributed by atoms with Crippen LogP contribution in [0.25, 0.3) is 0 Å². The molecular formula is C43H88NO7P. The molecule has 0 bridgehead atoms. The van der Waals surface area contributed by atoms with Gasteiger partial charge in [0.1, 0.15) is 0 Å². The van der Waals surface area contributed by atoms with E-state index in [0.717, 1.165) is 122 Å². The molecule has 0 radical (unpaired) electrons. The Morgan fingerprint density at radius 2 is 0.885 bits per heavy atom. The molecule has 0 saturated carbocycles. The molecule has 52 heavy (non-hydrogen) atoms. The first-order valence-corrected chi connectivity index (χ1v) is 23.9. The Morgan fingerprint density at radius 1 is 0.519 bits per heavy atom. The largest absolute Gasteiger partial charge is 0.474 e. The highest BCUT2D eigenvalue weighted by molar-refractivity contribution is 7.48. The Bertz CT molecular complexity index is 765. The SMILES string of the molecule is CCCCCCCCOP(=O)(OCCCCCCCC)OCCCCCCCN(CCO)CCCCCCCC(=O)OC(C)CCCCCCCC. The topological polar surface area (TPSA) is 94.5 Å². The van der Waals surface area contributed by atoms with E-state index < -0.39 is 7.82 Å². The van der Waals surface area contributed by atoms with Gasteiger partial charge in [0.15, 0.2) is 0 Å². The maximum absolute atomic E-state index is 13.3. The van der Waals surface area contributed by atoms with E-state index in [0.29, 0.717) is 26.2 Å². The van der Waals surface area contributed by atoms with Gasteiger partial charge in [0.05, 0.1) is 32.5 Å². The van der Waals surface area contributed by atoms with Crippen molar-refractivity contribution in [2.45, 2.75) is 226 Å². The van der Waals surface area contributed by atoms with Gasteiger partial charge < -0.3 is 14.7 Å². The monoisotopic (exact) mass is 762 g/mol. The Kier molecular flexibility index (Phi) is 39.8. The highest BCUT2D eigenvalue weighted by Crippen LogP contribution is 2.50. The van der Waals surface area contributed by atoms with Crippen molar-refractivity contribution in [3.05, 3.63) is 0 Å². The fourth-order valence-electron chi connectivity index (χ4n) is 6.54. The summed E-state index contributed by atoms with van der Waals surface area (Å²) in [5.41, 5.74) is 0. The molecular weight excluding hydrogens is 673 g/mol. The van der Waals surface area contributed by atoms with Crippen LogP contribution in [0, 0.1) is 0 Å². The molecule has 0 heterocycles. The number of rotatable bonds is 43. The van der Waals surface area contributed by atoms with Crippen molar-refractivity contribution in [3.8, 4) is 0 Å². The van der Waals surface area contributed by atoms with Gasteiger partial charge in [-0.25, -0.2) is 4.57 Å². The van der Waals surface area contributed by atoms with Crippen LogP contribution in [0.4, 0.5) is 0 Å². The summed E-state index contributed by atoms with van der Waals surface area (Å²) in [6.45, 7) is 12.9. The van der Waals surface area contributed by atoms with Crippen molar-refractivity contribution in [1.29, 1.82) is 0 Å². The van der Waals surface area contributed by atoms with Crippen LogP contribution < -0.4 is 0 Å². The number of hydrogen-bond donors (Lipinski definition) is 1. The Labute approximate surface area is 323 Å². The number of aliphatic hydroxyl groups is 1. The number of carbonyl (C=O) groups is 1. The first kappa shape index (κ1) is 51.5. The molecule has 1 N–H and O–H groups in total. The molecule has 0 aromatic rings. The molecule has 8 nitrogen and oxygen atoms in total. The maximum atomic E-state index is 13.3. The normalized spacial score (nSPS) is 12.6. The van der Waals surface area contributed by atoms with Gasteiger partial charge in [-0.15, -0.1) is 0 Å². The average Bonchev–Trinajstić information content (AvgIpc) is 3.13. The number of unbranched alkanes of at least 4 members (excludes halogenated alkanes) is 23. The summed E-state index contributed by atoms with van der Waals surface area (Å²) < 4.78 is 36.2. The minimum Gasteiger partial charge on any atom is -0.463 e. The van der Waals surface area contributed by atoms with Crippen LogP contribution in [-0.2, 0) is 27.7 Å². The number of ether oxygens (including phenoxy) is 1. The number of phosphoric ester groups is 1. The van der Waals surface area contributed by atoms with E-state index in [1.54, 1.807) is 0 Å². The zero-order valence-electron chi connectivity index (χ0n) is 35.0. The third kappa shape index (κ3) is 36.5. The van der Waals surface area contributed by atoms with E-state index in [1.165, 1.54) is 83.5 Å². The highest BCUT2D eigenvalue weighted by atomic mass is 31.2. The molecule has 0 aliphatic carbocycles. The van der Waals surface area contributed by atoms with Gasteiger partial charge >= 0.3 is 13.8 Å². The molecule has 0 rings (SSSR count).